The first-order valence-electron chi connectivity index (χ1n) is 7.94. The molecule has 0 saturated carbocycles. The van der Waals surface area contributed by atoms with E-state index in [9.17, 15) is 0 Å². The first-order chi connectivity index (χ1) is 11.2. The quantitative estimate of drug-likeness (QED) is 0.733. The summed E-state index contributed by atoms with van der Waals surface area (Å²) in [4.78, 5) is 2.34. The third kappa shape index (κ3) is 2.61. The first kappa shape index (κ1) is 14.0. The maximum absolute atomic E-state index is 5.87. The fourth-order valence-electron chi connectivity index (χ4n) is 3.15. The molecule has 1 unspecified atom stereocenters. The molecule has 4 rings (SSSR count). The minimum atomic E-state index is 0.446. The number of hydrogen-bond acceptors (Lipinski definition) is 4. The van der Waals surface area contributed by atoms with Gasteiger partial charge in [0, 0.05) is 17.3 Å². The van der Waals surface area contributed by atoms with Crippen LogP contribution >= 0.6 is 0 Å². The average Bonchev–Trinajstić information content (AvgIpc) is 3.14. The van der Waals surface area contributed by atoms with Gasteiger partial charge in [-0.25, -0.2) is 0 Å². The molecule has 0 amide bonds. The minimum Gasteiger partial charge on any atom is -0.419 e. The molecule has 0 spiro atoms. The summed E-state index contributed by atoms with van der Waals surface area (Å²) in [6.07, 6.45) is 1.06. The van der Waals surface area contributed by atoms with Crippen LogP contribution in [-0.4, -0.2) is 16.2 Å². The number of benzene rings is 2. The van der Waals surface area contributed by atoms with E-state index in [1.165, 1.54) is 16.8 Å². The Bertz CT molecular complexity index is 823. The average molecular weight is 305 g/mol. The van der Waals surface area contributed by atoms with E-state index in [2.05, 4.69) is 65.3 Å². The summed E-state index contributed by atoms with van der Waals surface area (Å²) < 4.78 is 5.87. The van der Waals surface area contributed by atoms with Crippen LogP contribution < -0.4 is 4.90 Å². The number of hydrogen-bond donors (Lipinski definition) is 0. The van der Waals surface area contributed by atoms with Gasteiger partial charge in [0.25, 0.3) is 0 Å². The molecule has 2 aromatic carbocycles. The van der Waals surface area contributed by atoms with Gasteiger partial charge in [-0.05, 0) is 44.0 Å². The van der Waals surface area contributed by atoms with E-state index in [1.807, 2.05) is 12.1 Å². The van der Waals surface area contributed by atoms with Gasteiger partial charge < -0.3 is 9.32 Å². The topological polar surface area (TPSA) is 42.2 Å². The molecule has 2 heterocycles. The van der Waals surface area contributed by atoms with Crippen molar-refractivity contribution < 1.29 is 4.42 Å². The van der Waals surface area contributed by atoms with Crippen LogP contribution in [0.15, 0.2) is 52.9 Å². The summed E-state index contributed by atoms with van der Waals surface area (Å²) in [6.45, 7) is 4.95. The standard InChI is InChI=1S/C19H19N3O/c1-13-7-9-15(10-8-13)19-21-20-18(23-19)12-22-14(2)11-16-5-3-4-6-17(16)22/h3-10,14H,11-12H2,1-2H3. The van der Waals surface area contributed by atoms with Crippen molar-refractivity contribution >= 4 is 5.69 Å². The third-order valence-corrected chi connectivity index (χ3v) is 4.42. The molecule has 3 aromatic rings. The number of aromatic nitrogens is 2. The second-order valence-electron chi connectivity index (χ2n) is 6.18. The fourth-order valence-corrected chi connectivity index (χ4v) is 3.15. The molecule has 4 nitrogen and oxygen atoms in total. The Labute approximate surface area is 135 Å². The van der Waals surface area contributed by atoms with Crippen molar-refractivity contribution in [2.75, 3.05) is 4.90 Å². The van der Waals surface area contributed by atoms with E-state index in [4.69, 9.17) is 4.42 Å². The smallest absolute Gasteiger partial charge is 0.247 e. The van der Waals surface area contributed by atoms with Gasteiger partial charge >= 0.3 is 0 Å². The molecule has 4 heteroatoms. The molecule has 0 aliphatic carbocycles. The van der Waals surface area contributed by atoms with Crippen LogP contribution in [0.5, 0.6) is 0 Å². The van der Waals surface area contributed by atoms with Crippen molar-refractivity contribution in [2.45, 2.75) is 32.9 Å². The predicted octanol–water partition coefficient (Wildman–Crippen LogP) is 4.00. The van der Waals surface area contributed by atoms with Crippen LogP contribution in [0.4, 0.5) is 5.69 Å². The van der Waals surface area contributed by atoms with Crippen molar-refractivity contribution in [3.8, 4) is 11.5 Å². The lowest BCUT2D eigenvalue weighted by molar-refractivity contribution is 0.489. The van der Waals surface area contributed by atoms with Gasteiger partial charge in [0.15, 0.2) is 0 Å². The highest BCUT2D eigenvalue weighted by atomic mass is 16.4. The van der Waals surface area contributed by atoms with E-state index < -0.39 is 0 Å². The van der Waals surface area contributed by atoms with Crippen LogP contribution in [0.3, 0.4) is 0 Å². The second-order valence-corrected chi connectivity index (χ2v) is 6.18. The van der Waals surface area contributed by atoms with E-state index >= 15 is 0 Å². The minimum absolute atomic E-state index is 0.446. The van der Waals surface area contributed by atoms with Crippen molar-refractivity contribution in [3.63, 3.8) is 0 Å². The van der Waals surface area contributed by atoms with Crippen LogP contribution in [0.25, 0.3) is 11.5 Å². The Hall–Kier alpha value is -2.62. The number of nitrogens with zero attached hydrogens (tertiary/aromatic N) is 3. The molecule has 116 valence electrons. The lowest BCUT2D eigenvalue weighted by atomic mass is 10.1. The summed E-state index contributed by atoms with van der Waals surface area (Å²) in [5.74, 6) is 1.24. The second kappa shape index (κ2) is 5.54. The van der Waals surface area contributed by atoms with Crippen molar-refractivity contribution in [2.24, 2.45) is 0 Å². The zero-order valence-corrected chi connectivity index (χ0v) is 13.4. The molecule has 1 aliphatic rings. The molecule has 0 N–H and O–H groups in total. The van der Waals surface area contributed by atoms with Crippen LogP contribution in [0.2, 0.25) is 0 Å². The van der Waals surface area contributed by atoms with Gasteiger partial charge in [-0.1, -0.05) is 35.9 Å². The molecular weight excluding hydrogens is 286 g/mol. The zero-order chi connectivity index (χ0) is 15.8. The first-order valence-corrected chi connectivity index (χ1v) is 7.94. The number of anilines is 1. The normalized spacial score (nSPS) is 16.6. The molecule has 0 radical (unpaired) electrons. The highest BCUT2D eigenvalue weighted by Gasteiger charge is 2.27. The Morgan fingerprint density at radius 1 is 1.09 bits per heavy atom. The summed E-state index contributed by atoms with van der Waals surface area (Å²) in [6, 6.07) is 17.1. The monoisotopic (exact) mass is 305 g/mol. The Balaban J connectivity index is 1.57. The zero-order valence-electron chi connectivity index (χ0n) is 13.4. The molecular formula is C19H19N3O. The SMILES string of the molecule is Cc1ccc(-c2nnc(CN3c4ccccc4CC3C)o2)cc1. The molecule has 1 aromatic heterocycles. The van der Waals surface area contributed by atoms with Crippen molar-refractivity contribution in [1.82, 2.24) is 10.2 Å². The Morgan fingerprint density at radius 3 is 2.70 bits per heavy atom. The molecule has 0 saturated heterocycles. The van der Waals surface area contributed by atoms with Crippen molar-refractivity contribution in [3.05, 3.63) is 65.5 Å². The van der Waals surface area contributed by atoms with E-state index in [1.54, 1.807) is 0 Å². The highest BCUT2D eigenvalue weighted by molar-refractivity contribution is 5.59. The Kier molecular flexibility index (Phi) is 3.37. The number of fused-ring (bicyclic) bond motifs is 1. The Morgan fingerprint density at radius 2 is 1.87 bits per heavy atom. The summed E-state index contributed by atoms with van der Waals surface area (Å²) >= 11 is 0. The molecule has 23 heavy (non-hydrogen) atoms. The van der Waals surface area contributed by atoms with Crippen LogP contribution in [-0.2, 0) is 13.0 Å². The molecule has 1 aliphatic heterocycles. The predicted molar refractivity (Wildman–Crippen MR) is 90.3 cm³/mol. The highest BCUT2D eigenvalue weighted by Crippen LogP contribution is 2.33. The van der Waals surface area contributed by atoms with Gasteiger partial charge in [-0.15, -0.1) is 10.2 Å². The van der Waals surface area contributed by atoms with Gasteiger partial charge in [-0.2, -0.15) is 0 Å². The third-order valence-electron chi connectivity index (χ3n) is 4.42. The lowest BCUT2D eigenvalue weighted by Crippen LogP contribution is -2.28. The molecule has 0 fully saturated rings. The van der Waals surface area contributed by atoms with E-state index in [0.29, 0.717) is 24.4 Å². The summed E-state index contributed by atoms with van der Waals surface area (Å²) in [7, 11) is 0. The van der Waals surface area contributed by atoms with Gasteiger partial charge in [0.05, 0.1) is 6.54 Å². The molecule has 1 atom stereocenters. The lowest BCUT2D eigenvalue weighted by Gasteiger charge is -2.22. The number of rotatable bonds is 3. The van der Waals surface area contributed by atoms with Crippen molar-refractivity contribution in [1.29, 1.82) is 0 Å². The van der Waals surface area contributed by atoms with E-state index in [0.717, 1.165) is 12.0 Å². The molecule has 0 bridgehead atoms. The van der Waals surface area contributed by atoms with Gasteiger partial charge in [0.1, 0.15) is 0 Å². The summed E-state index contributed by atoms with van der Waals surface area (Å²) in [5.41, 5.74) is 4.84. The number of para-hydroxylation sites is 1. The van der Waals surface area contributed by atoms with E-state index in [-0.39, 0.29) is 0 Å². The van der Waals surface area contributed by atoms with Crippen LogP contribution in [0, 0.1) is 6.92 Å². The van der Waals surface area contributed by atoms with Crippen LogP contribution in [0.1, 0.15) is 23.9 Å². The largest absolute Gasteiger partial charge is 0.419 e. The maximum atomic E-state index is 5.87. The maximum Gasteiger partial charge on any atom is 0.247 e. The fraction of sp³-hybridized carbons (Fsp3) is 0.263. The summed E-state index contributed by atoms with van der Waals surface area (Å²) in [5, 5.41) is 8.42. The number of aryl methyl sites for hydroxylation is 1. The van der Waals surface area contributed by atoms with Gasteiger partial charge in [0.2, 0.25) is 11.8 Å². The van der Waals surface area contributed by atoms with Gasteiger partial charge in [-0.3, -0.25) is 0 Å².